The lowest BCUT2D eigenvalue weighted by Crippen LogP contribution is -2.19. The van der Waals surface area contributed by atoms with E-state index >= 15 is 0 Å². The summed E-state index contributed by atoms with van der Waals surface area (Å²) in [7, 11) is 5.33. The molecule has 0 aliphatic rings. The van der Waals surface area contributed by atoms with Crippen LogP contribution in [0.2, 0.25) is 0 Å². The van der Waals surface area contributed by atoms with Gasteiger partial charge in [-0.15, -0.1) is 5.10 Å². The number of nitrogens with zero attached hydrogens (tertiary/aromatic N) is 3. The van der Waals surface area contributed by atoms with Gasteiger partial charge in [-0.2, -0.15) is 0 Å². The lowest BCUT2D eigenvalue weighted by molar-refractivity contribution is 0.836. The monoisotopic (exact) mass is 142 g/mol. The molecule has 0 aliphatic heterocycles. The average Bonchev–Trinajstić information content (AvgIpc) is 2.14. The number of nitrogens with one attached hydrogen (secondary N) is 1. The van der Waals surface area contributed by atoms with Gasteiger partial charge in [0.25, 0.3) is 0 Å². The molecular weight excluding hydrogens is 132 g/mol. The lowest BCUT2D eigenvalue weighted by atomic mass is 10.8. The summed E-state index contributed by atoms with van der Waals surface area (Å²) in [6, 6.07) is 0. The van der Waals surface area contributed by atoms with Crippen LogP contribution in [0.15, 0.2) is 4.79 Å². The summed E-state index contributed by atoms with van der Waals surface area (Å²) in [5, 5.41) is 6.10. The molecule has 1 rings (SSSR count). The molecule has 5 heteroatoms. The Morgan fingerprint density at radius 1 is 1.60 bits per heavy atom. The second kappa shape index (κ2) is 2.17. The molecule has 0 aliphatic carbocycles. The molecular formula is C5H10N4O. The molecule has 0 aromatic carbocycles. The Bertz CT molecular complexity index is 271. The van der Waals surface area contributed by atoms with Crippen LogP contribution in [0.3, 0.4) is 0 Å². The topological polar surface area (TPSA) is 53.9 Å². The Morgan fingerprint density at radius 3 is 2.40 bits per heavy atom. The SMILES string of the molecule is CN(C)c1n[nH]c(=O)n1C. The zero-order valence-corrected chi connectivity index (χ0v) is 6.25. The van der Waals surface area contributed by atoms with E-state index in [-0.39, 0.29) is 5.69 Å². The smallest absolute Gasteiger partial charge is 0.344 e. The molecule has 0 unspecified atom stereocenters. The van der Waals surface area contributed by atoms with Crippen molar-refractivity contribution < 1.29 is 0 Å². The summed E-state index contributed by atoms with van der Waals surface area (Å²) in [4.78, 5) is 12.5. The first kappa shape index (κ1) is 6.85. The molecule has 1 aromatic heterocycles. The predicted octanol–water partition coefficient (Wildman–Crippen LogP) is -0.826. The Balaban J connectivity index is 3.18. The van der Waals surface area contributed by atoms with Crippen LogP contribution >= 0.6 is 0 Å². The average molecular weight is 142 g/mol. The quantitative estimate of drug-likeness (QED) is 0.557. The van der Waals surface area contributed by atoms with Crippen molar-refractivity contribution in [2.24, 2.45) is 7.05 Å². The van der Waals surface area contributed by atoms with Gasteiger partial charge in [-0.25, -0.2) is 9.89 Å². The standard InChI is InChI=1S/C5H10N4O/c1-8(2)4-6-7-5(10)9(4)3/h1-3H3,(H,7,10). The summed E-state index contributed by atoms with van der Waals surface area (Å²) in [5.74, 6) is 0.630. The van der Waals surface area contributed by atoms with Gasteiger partial charge in [-0.3, -0.25) is 4.57 Å². The number of hydrogen-bond donors (Lipinski definition) is 1. The number of aromatic amines is 1. The van der Waals surface area contributed by atoms with Gasteiger partial charge in [0.1, 0.15) is 0 Å². The zero-order valence-electron chi connectivity index (χ0n) is 6.25. The number of hydrogen-bond acceptors (Lipinski definition) is 3. The van der Waals surface area contributed by atoms with Gasteiger partial charge in [-0.05, 0) is 0 Å². The fourth-order valence-corrected chi connectivity index (χ4v) is 0.739. The van der Waals surface area contributed by atoms with Crippen molar-refractivity contribution in [2.45, 2.75) is 0 Å². The first-order valence-corrected chi connectivity index (χ1v) is 2.91. The van der Waals surface area contributed by atoms with E-state index in [1.54, 1.807) is 11.9 Å². The second-order valence-electron chi connectivity index (χ2n) is 2.28. The van der Waals surface area contributed by atoms with E-state index in [2.05, 4.69) is 10.2 Å². The molecule has 0 amide bonds. The van der Waals surface area contributed by atoms with Crippen LogP contribution in [-0.2, 0) is 7.05 Å². The van der Waals surface area contributed by atoms with E-state index in [9.17, 15) is 4.79 Å². The molecule has 0 spiro atoms. The normalized spacial score (nSPS) is 9.90. The van der Waals surface area contributed by atoms with Crippen LogP contribution in [0.4, 0.5) is 5.95 Å². The van der Waals surface area contributed by atoms with Gasteiger partial charge in [0.15, 0.2) is 0 Å². The van der Waals surface area contributed by atoms with Gasteiger partial charge < -0.3 is 4.90 Å². The lowest BCUT2D eigenvalue weighted by Gasteiger charge is -2.07. The second-order valence-corrected chi connectivity index (χ2v) is 2.28. The Labute approximate surface area is 58.3 Å². The summed E-state index contributed by atoms with van der Waals surface area (Å²) in [6.45, 7) is 0. The van der Waals surface area contributed by atoms with Gasteiger partial charge in [-0.1, -0.05) is 0 Å². The van der Waals surface area contributed by atoms with Crippen molar-refractivity contribution in [3.63, 3.8) is 0 Å². The molecule has 10 heavy (non-hydrogen) atoms. The van der Waals surface area contributed by atoms with Crippen LogP contribution in [0.1, 0.15) is 0 Å². The summed E-state index contributed by atoms with van der Waals surface area (Å²) in [6.07, 6.45) is 0. The molecule has 1 aromatic rings. The van der Waals surface area contributed by atoms with Crippen molar-refractivity contribution in [2.75, 3.05) is 19.0 Å². The largest absolute Gasteiger partial charge is 0.347 e. The minimum absolute atomic E-state index is 0.191. The Hall–Kier alpha value is -1.26. The van der Waals surface area contributed by atoms with Crippen LogP contribution in [0, 0.1) is 0 Å². The highest BCUT2D eigenvalue weighted by molar-refractivity contribution is 5.24. The fraction of sp³-hybridized carbons (Fsp3) is 0.600. The van der Waals surface area contributed by atoms with E-state index in [1.165, 1.54) is 4.57 Å². The van der Waals surface area contributed by atoms with Crippen molar-refractivity contribution in [3.8, 4) is 0 Å². The van der Waals surface area contributed by atoms with Crippen molar-refractivity contribution in [1.29, 1.82) is 0 Å². The molecule has 0 saturated heterocycles. The third-order valence-electron chi connectivity index (χ3n) is 1.26. The summed E-state index contributed by atoms with van der Waals surface area (Å²) in [5.41, 5.74) is -0.191. The predicted molar refractivity (Wildman–Crippen MR) is 38.2 cm³/mol. The van der Waals surface area contributed by atoms with Crippen molar-refractivity contribution in [1.82, 2.24) is 14.8 Å². The zero-order chi connectivity index (χ0) is 7.72. The molecule has 0 saturated carbocycles. The summed E-state index contributed by atoms with van der Waals surface area (Å²) >= 11 is 0. The maximum atomic E-state index is 10.8. The van der Waals surface area contributed by atoms with E-state index in [0.717, 1.165) is 0 Å². The van der Waals surface area contributed by atoms with E-state index in [0.29, 0.717) is 5.95 Å². The van der Waals surface area contributed by atoms with E-state index in [1.807, 2.05) is 14.1 Å². The molecule has 1 heterocycles. The van der Waals surface area contributed by atoms with E-state index in [4.69, 9.17) is 0 Å². The minimum Gasteiger partial charge on any atom is -0.347 e. The first-order valence-electron chi connectivity index (χ1n) is 2.91. The van der Waals surface area contributed by atoms with Crippen LogP contribution in [0.5, 0.6) is 0 Å². The van der Waals surface area contributed by atoms with Gasteiger partial charge in [0, 0.05) is 21.1 Å². The van der Waals surface area contributed by atoms with Gasteiger partial charge in [0.2, 0.25) is 5.95 Å². The van der Waals surface area contributed by atoms with E-state index < -0.39 is 0 Å². The molecule has 0 radical (unpaired) electrons. The van der Waals surface area contributed by atoms with Crippen LogP contribution in [0.25, 0.3) is 0 Å². The molecule has 0 atom stereocenters. The number of rotatable bonds is 1. The summed E-state index contributed by atoms with van der Waals surface area (Å²) < 4.78 is 1.44. The van der Waals surface area contributed by atoms with Crippen LogP contribution < -0.4 is 10.6 Å². The van der Waals surface area contributed by atoms with Crippen LogP contribution in [-0.4, -0.2) is 28.9 Å². The highest BCUT2D eigenvalue weighted by Gasteiger charge is 2.03. The third kappa shape index (κ3) is 0.896. The van der Waals surface area contributed by atoms with Gasteiger partial charge in [0.05, 0.1) is 0 Å². The fourth-order valence-electron chi connectivity index (χ4n) is 0.739. The first-order chi connectivity index (χ1) is 4.63. The number of aromatic nitrogens is 3. The van der Waals surface area contributed by atoms with Crippen molar-refractivity contribution in [3.05, 3.63) is 10.5 Å². The Kier molecular flexibility index (Phi) is 1.48. The third-order valence-corrected chi connectivity index (χ3v) is 1.26. The molecule has 5 nitrogen and oxygen atoms in total. The number of anilines is 1. The molecule has 0 fully saturated rings. The minimum atomic E-state index is -0.191. The number of H-pyrrole nitrogens is 1. The van der Waals surface area contributed by atoms with Gasteiger partial charge >= 0.3 is 5.69 Å². The maximum absolute atomic E-state index is 10.8. The molecule has 0 bridgehead atoms. The highest BCUT2D eigenvalue weighted by atomic mass is 16.1. The highest BCUT2D eigenvalue weighted by Crippen LogP contribution is 1.97. The Morgan fingerprint density at radius 2 is 2.20 bits per heavy atom. The van der Waals surface area contributed by atoms with Crippen molar-refractivity contribution >= 4 is 5.95 Å². The maximum Gasteiger partial charge on any atom is 0.344 e. The molecule has 56 valence electrons. The molecule has 1 N–H and O–H groups in total.